The number of hydrogen-bond acceptors (Lipinski definition) is 3. The molecule has 130 valence electrons. The van der Waals surface area contributed by atoms with E-state index in [0.29, 0.717) is 27.2 Å². The smallest absolute Gasteiger partial charge is 0.331 e. The van der Waals surface area contributed by atoms with Gasteiger partial charge in [0, 0.05) is 17.2 Å². The van der Waals surface area contributed by atoms with Crippen LogP contribution in [-0.4, -0.2) is 19.8 Å². The summed E-state index contributed by atoms with van der Waals surface area (Å²) in [7, 11) is 0. The van der Waals surface area contributed by atoms with Gasteiger partial charge in [-0.2, -0.15) is 0 Å². The van der Waals surface area contributed by atoms with E-state index in [1.807, 2.05) is 0 Å². The molecule has 3 N–H and O–H groups in total. The standard InChI is InChI=1S/C19H12Cl2N2O3/c20-12-5-3-4-10(18(12)21)11-8-15(17(25)9-16(11)24)23-14-7-2-1-6-13(14)22-19(23)26/h1-9,24-25H,(H,22,26). The molecule has 0 saturated heterocycles. The molecule has 0 amide bonds. The Labute approximate surface area is 157 Å². The number of rotatable bonds is 2. The summed E-state index contributed by atoms with van der Waals surface area (Å²) in [4.78, 5) is 15.2. The van der Waals surface area contributed by atoms with Gasteiger partial charge in [-0.15, -0.1) is 0 Å². The number of phenols is 2. The fourth-order valence-corrected chi connectivity index (χ4v) is 3.37. The number of imidazole rings is 1. The van der Waals surface area contributed by atoms with Gasteiger partial charge in [-0.3, -0.25) is 4.57 Å². The van der Waals surface area contributed by atoms with Gasteiger partial charge in [0.2, 0.25) is 0 Å². The predicted molar refractivity (Wildman–Crippen MR) is 103 cm³/mol. The monoisotopic (exact) mass is 386 g/mol. The Kier molecular flexibility index (Phi) is 3.90. The second-order valence-electron chi connectivity index (χ2n) is 5.74. The molecule has 0 saturated carbocycles. The van der Waals surface area contributed by atoms with E-state index < -0.39 is 5.69 Å². The maximum absolute atomic E-state index is 12.4. The van der Waals surface area contributed by atoms with Crippen LogP contribution in [0.4, 0.5) is 0 Å². The quantitative estimate of drug-likeness (QED) is 0.466. The molecule has 0 aliphatic rings. The molecule has 0 aliphatic carbocycles. The van der Waals surface area contributed by atoms with Crippen LogP contribution in [0.3, 0.4) is 0 Å². The zero-order valence-electron chi connectivity index (χ0n) is 13.2. The molecule has 5 nitrogen and oxygen atoms in total. The molecule has 7 heteroatoms. The number of nitrogens with one attached hydrogen (secondary N) is 1. The average Bonchev–Trinajstić information content (AvgIpc) is 2.94. The highest BCUT2D eigenvalue weighted by molar-refractivity contribution is 6.43. The molecule has 1 aromatic heterocycles. The summed E-state index contributed by atoms with van der Waals surface area (Å²) in [5.74, 6) is -0.417. The minimum Gasteiger partial charge on any atom is -0.507 e. The van der Waals surface area contributed by atoms with E-state index in [1.165, 1.54) is 16.7 Å². The fraction of sp³-hybridized carbons (Fsp3) is 0. The maximum atomic E-state index is 12.4. The third-order valence-corrected chi connectivity index (χ3v) is 4.98. The molecule has 4 rings (SSSR count). The van der Waals surface area contributed by atoms with Crippen molar-refractivity contribution in [3.8, 4) is 28.3 Å². The molecule has 0 fully saturated rings. The van der Waals surface area contributed by atoms with Gasteiger partial charge >= 0.3 is 5.69 Å². The first-order chi connectivity index (χ1) is 12.5. The van der Waals surface area contributed by atoms with Gasteiger partial charge < -0.3 is 15.2 Å². The second kappa shape index (κ2) is 6.12. The van der Waals surface area contributed by atoms with Crippen molar-refractivity contribution < 1.29 is 10.2 Å². The van der Waals surface area contributed by atoms with E-state index in [1.54, 1.807) is 42.5 Å². The number of H-pyrrole nitrogens is 1. The number of para-hydroxylation sites is 2. The van der Waals surface area contributed by atoms with E-state index in [4.69, 9.17) is 23.2 Å². The second-order valence-corrected chi connectivity index (χ2v) is 6.53. The van der Waals surface area contributed by atoms with Gasteiger partial charge in [0.05, 0.1) is 26.8 Å². The van der Waals surface area contributed by atoms with Crippen molar-refractivity contribution in [2.45, 2.75) is 0 Å². The largest absolute Gasteiger partial charge is 0.507 e. The third-order valence-electron chi connectivity index (χ3n) is 4.17. The van der Waals surface area contributed by atoms with E-state index in [2.05, 4.69) is 4.98 Å². The summed E-state index contributed by atoms with van der Waals surface area (Å²) in [5.41, 5.74) is 1.88. The Morgan fingerprint density at radius 1 is 0.885 bits per heavy atom. The molecule has 26 heavy (non-hydrogen) atoms. The van der Waals surface area contributed by atoms with Gasteiger partial charge in [0.25, 0.3) is 0 Å². The summed E-state index contributed by atoms with van der Waals surface area (Å²) in [6.45, 7) is 0. The van der Waals surface area contributed by atoms with Crippen LogP contribution in [0.15, 0.2) is 59.4 Å². The van der Waals surface area contributed by atoms with Crippen LogP contribution in [0.1, 0.15) is 0 Å². The summed E-state index contributed by atoms with van der Waals surface area (Å²) in [5, 5.41) is 21.3. The number of aromatic hydroxyl groups is 2. The van der Waals surface area contributed by atoms with E-state index in [9.17, 15) is 15.0 Å². The minimum atomic E-state index is -0.407. The van der Waals surface area contributed by atoms with Gasteiger partial charge in [0.15, 0.2) is 0 Å². The molecule has 0 radical (unpaired) electrons. The predicted octanol–water partition coefficient (Wildman–Crippen LogP) is 4.70. The number of fused-ring (bicyclic) bond motifs is 1. The van der Waals surface area contributed by atoms with Crippen molar-refractivity contribution in [1.29, 1.82) is 0 Å². The Morgan fingerprint density at radius 2 is 1.65 bits per heavy atom. The number of halogens is 2. The molecular formula is C19H12Cl2N2O3. The van der Waals surface area contributed by atoms with Crippen LogP contribution in [0.2, 0.25) is 10.0 Å². The molecular weight excluding hydrogens is 375 g/mol. The lowest BCUT2D eigenvalue weighted by Gasteiger charge is -2.13. The lowest BCUT2D eigenvalue weighted by Crippen LogP contribution is -2.14. The normalized spacial score (nSPS) is 11.2. The van der Waals surface area contributed by atoms with Crippen LogP contribution in [0.5, 0.6) is 11.5 Å². The lowest BCUT2D eigenvalue weighted by molar-refractivity contribution is 0.450. The molecule has 1 heterocycles. The van der Waals surface area contributed by atoms with Crippen LogP contribution in [0.25, 0.3) is 27.8 Å². The van der Waals surface area contributed by atoms with E-state index in [0.717, 1.165) is 0 Å². The van der Waals surface area contributed by atoms with Crippen molar-refractivity contribution in [3.63, 3.8) is 0 Å². The summed E-state index contributed by atoms with van der Waals surface area (Å²) in [6, 6.07) is 14.8. The van der Waals surface area contributed by atoms with Gasteiger partial charge in [-0.25, -0.2) is 4.79 Å². The molecule has 3 aromatic carbocycles. The van der Waals surface area contributed by atoms with E-state index >= 15 is 0 Å². The molecule has 0 atom stereocenters. The number of phenolic OH excluding ortho intramolecular Hbond substituents is 2. The minimum absolute atomic E-state index is 0.177. The van der Waals surface area contributed by atoms with Gasteiger partial charge in [-0.1, -0.05) is 47.5 Å². The number of hydrogen-bond donors (Lipinski definition) is 3. The molecule has 4 aromatic rings. The highest BCUT2D eigenvalue weighted by Crippen LogP contribution is 2.41. The third kappa shape index (κ3) is 2.53. The maximum Gasteiger partial charge on any atom is 0.331 e. The van der Waals surface area contributed by atoms with Crippen LogP contribution in [-0.2, 0) is 0 Å². The van der Waals surface area contributed by atoms with Crippen LogP contribution in [0, 0.1) is 0 Å². The Bertz CT molecular complexity index is 1210. The number of benzene rings is 3. The lowest BCUT2D eigenvalue weighted by atomic mass is 10.0. The zero-order valence-corrected chi connectivity index (χ0v) is 14.7. The number of aromatic amines is 1. The van der Waals surface area contributed by atoms with Crippen molar-refractivity contribution in [1.82, 2.24) is 9.55 Å². The van der Waals surface area contributed by atoms with Crippen molar-refractivity contribution in [3.05, 3.63) is 75.1 Å². The van der Waals surface area contributed by atoms with Crippen LogP contribution >= 0.6 is 23.2 Å². The highest BCUT2D eigenvalue weighted by Gasteiger charge is 2.18. The molecule has 0 unspecified atom stereocenters. The van der Waals surface area contributed by atoms with Crippen molar-refractivity contribution in [2.75, 3.05) is 0 Å². The number of aromatic nitrogens is 2. The first kappa shape index (κ1) is 16.6. The molecule has 0 bridgehead atoms. The SMILES string of the molecule is O=c1[nH]c2ccccc2n1-c1cc(-c2cccc(Cl)c2Cl)c(O)cc1O. The van der Waals surface area contributed by atoms with Crippen molar-refractivity contribution >= 4 is 34.2 Å². The fourth-order valence-electron chi connectivity index (χ4n) is 2.97. The Hall–Kier alpha value is -2.89. The summed E-state index contributed by atoms with van der Waals surface area (Å²) >= 11 is 12.3. The van der Waals surface area contributed by atoms with E-state index in [-0.39, 0.29) is 22.2 Å². The van der Waals surface area contributed by atoms with Crippen LogP contribution < -0.4 is 5.69 Å². The van der Waals surface area contributed by atoms with Gasteiger partial charge in [0.1, 0.15) is 11.5 Å². The van der Waals surface area contributed by atoms with Crippen molar-refractivity contribution in [2.24, 2.45) is 0 Å². The zero-order chi connectivity index (χ0) is 18.4. The average molecular weight is 387 g/mol. The Morgan fingerprint density at radius 3 is 2.46 bits per heavy atom. The first-order valence-electron chi connectivity index (χ1n) is 7.68. The first-order valence-corrected chi connectivity index (χ1v) is 8.43. The topological polar surface area (TPSA) is 78.2 Å². The summed E-state index contributed by atoms with van der Waals surface area (Å²) < 4.78 is 1.34. The highest BCUT2D eigenvalue weighted by atomic mass is 35.5. The Balaban J connectivity index is 2.03. The summed E-state index contributed by atoms with van der Waals surface area (Å²) in [6.07, 6.45) is 0. The van der Waals surface area contributed by atoms with Gasteiger partial charge in [-0.05, 0) is 24.3 Å². The number of nitrogens with zero attached hydrogens (tertiary/aromatic N) is 1. The molecule has 0 aliphatic heterocycles. The molecule has 0 spiro atoms.